The normalized spacial score (nSPS) is 23.1. The van der Waals surface area contributed by atoms with Crippen LogP contribution < -0.4 is 10.5 Å². The van der Waals surface area contributed by atoms with Crippen LogP contribution in [0.3, 0.4) is 0 Å². The second-order valence-corrected chi connectivity index (χ2v) is 5.65. The first kappa shape index (κ1) is 13.3. The summed E-state index contributed by atoms with van der Waals surface area (Å²) >= 11 is 0. The summed E-state index contributed by atoms with van der Waals surface area (Å²) in [6.45, 7) is 2.74. The summed E-state index contributed by atoms with van der Waals surface area (Å²) < 4.78 is 5.89. The fourth-order valence-corrected chi connectivity index (χ4v) is 2.95. The molecule has 0 aliphatic carbocycles. The smallest absolute Gasteiger partial charge is 0.191 e. The number of ether oxygens (including phenoxy) is 1. The quantitative estimate of drug-likeness (QED) is 0.664. The maximum atomic E-state index is 6.12. The van der Waals surface area contributed by atoms with Crippen LogP contribution in [0.5, 0.6) is 5.75 Å². The highest BCUT2D eigenvalue weighted by Crippen LogP contribution is 2.28. The molecule has 0 amide bonds. The Morgan fingerprint density at radius 2 is 1.95 bits per heavy atom. The lowest BCUT2D eigenvalue weighted by atomic mass is 10.1. The Morgan fingerprint density at radius 3 is 2.70 bits per heavy atom. The van der Waals surface area contributed by atoms with Crippen LogP contribution in [0.25, 0.3) is 0 Å². The van der Waals surface area contributed by atoms with Gasteiger partial charge in [0.15, 0.2) is 5.96 Å². The Labute approximate surface area is 120 Å². The average molecular weight is 273 g/mol. The largest absolute Gasteiger partial charge is 0.488 e. The van der Waals surface area contributed by atoms with Crippen LogP contribution in [0, 0.1) is 0 Å². The molecule has 0 aromatic heterocycles. The van der Waals surface area contributed by atoms with Gasteiger partial charge in [0.05, 0.1) is 6.54 Å². The highest BCUT2D eigenvalue weighted by atomic mass is 16.5. The third kappa shape index (κ3) is 3.06. The van der Waals surface area contributed by atoms with Gasteiger partial charge in [0.1, 0.15) is 11.9 Å². The molecule has 3 rings (SSSR count). The fourth-order valence-electron chi connectivity index (χ4n) is 2.95. The number of fused-ring (bicyclic) bond motifs is 1. The van der Waals surface area contributed by atoms with Crippen LogP contribution in [-0.2, 0) is 6.42 Å². The van der Waals surface area contributed by atoms with Crippen molar-refractivity contribution in [1.29, 1.82) is 0 Å². The zero-order valence-corrected chi connectivity index (χ0v) is 11.9. The number of rotatable bonds is 2. The summed E-state index contributed by atoms with van der Waals surface area (Å²) in [4.78, 5) is 6.77. The van der Waals surface area contributed by atoms with E-state index in [1.165, 1.54) is 31.2 Å². The van der Waals surface area contributed by atoms with E-state index in [9.17, 15) is 0 Å². The Kier molecular flexibility index (Phi) is 4.09. The number of likely N-dealkylation sites (tertiary alicyclic amines) is 1. The van der Waals surface area contributed by atoms with Gasteiger partial charge in [-0.1, -0.05) is 31.0 Å². The minimum Gasteiger partial charge on any atom is -0.488 e. The summed E-state index contributed by atoms with van der Waals surface area (Å²) in [5, 5.41) is 0. The van der Waals surface area contributed by atoms with E-state index in [2.05, 4.69) is 22.0 Å². The number of aliphatic imine (C=N–C) groups is 1. The first-order valence-corrected chi connectivity index (χ1v) is 7.62. The van der Waals surface area contributed by atoms with E-state index in [0.717, 1.165) is 25.3 Å². The van der Waals surface area contributed by atoms with E-state index in [1.54, 1.807) is 0 Å². The third-order valence-corrected chi connectivity index (χ3v) is 4.10. The van der Waals surface area contributed by atoms with Crippen LogP contribution in [0.2, 0.25) is 0 Å². The van der Waals surface area contributed by atoms with Gasteiger partial charge in [0, 0.05) is 19.5 Å². The second kappa shape index (κ2) is 6.16. The summed E-state index contributed by atoms with van der Waals surface area (Å²) in [7, 11) is 0. The molecule has 0 saturated carbocycles. The van der Waals surface area contributed by atoms with Crippen molar-refractivity contribution in [3.05, 3.63) is 29.8 Å². The van der Waals surface area contributed by atoms with Crippen molar-refractivity contribution in [3.63, 3.8) is 0 Å². The van der Waals surface area contributed by atoms with E-state index in [-0.39, 0.29) is 6.10 Å². The van der Waals surface area contributed by atoms with Gasteiger partial charge in [-0.3, -0.25) is 0 Å². The molecule has 1 atom stereocenters. The predicted molar refractivity (Wildman–Crippen MR) is 81.1 cm³/mol. The molecule has 2 N–H and O–H groups in total. The zero-order valence-electron chi connectivity index (χ0n) is 11.9. The van der Waals surface area contributed by atoms with Crippen LogP contribution >= 0.6 is 0 Å². The van der Waals surface area contributed by atoms with E-state index in [0.29, 0.717) is 12.5 Å². The Bertz CT molecular complexity index is 453. The number of nitrogens with two attached hydrogens (primary N) is 1. The highest BCUT2D eigenvalue weighted by Gasteiger charge is 2.22. The first-order chi connectivity index (χ1) is 9.83. The summed E-state index contributed by atoms with van der Waals surface area (Å²) in [6.07, 6.45) is 6.14. The molecule has 20 heavy (non-hydrogen) atoms. The van der Waals surface area contributed by atoms with Gasteiger partial charge in [-0.05, 0) is 24.5 Å². The average Bonchev–Trinajstić information content (AvgIpc) is 2.69. The molecular weight excluding hydrogens is 250 g/mol. The van der Waals surface area contributed by atoms with Crippen LogP contribution in [0.4, 0.5) is 0 Å². The zero-order chi connectivity index (χ0) is 13.8. The van der Waals surface area contributed by atoms with Gasteiger partial charge in [-0.15, -0.1) is 0 Å². The lowest BCUT2D eigenvalue weighted by Gasteiger charge is -2.21. The maximum absolute atomic E-state index is 6.12. The van der Waals surface area contributed by atoms with Crippen LogP contribution in [-0.4, -0.2) is 36.6 Å². The molecule has 1 unspecified atom stereocenters. The molecule has 4 heteroatoms. The topological polar surface area (TPSA) is 50.9 Å². The van der Waals surface area contributed by atoms with Crippen molar-refractivity contribution in [3.8, 4) is 5.75 Å². The monoisotopic (exact) mass is 273 g/mol. The minimum absolute atomic E-state index is 0.137. The van der Waals surface area contributed by atoms with Crippen molar-refractivity contribution < 1.29 is 4.74 Å². The lowest BCUT2D eigenvalue weighted by Crippen LogP contribution is -2.38. The van der Waals surface area contributed by atoms with Crippen molar-refractivity contribution in [1.82, 2.24) is 4.90 Å². The van der Waals surface area contributed by atoms with E-state index >= 15 is 0 Å². The molecule has 2 aliphatic heterocycles. The first-order valence-electron chi connectivity index (χ1n) is 7.62. The second-order valence-electron chi connectivity index (χ2n) is 5.65. The van der Waals surface area contributed by atoms with Crippen molar-refractivity contribution >= 4 is 5.96 Å². The van der Waals surface area contributed by atoms with Gasteiger partial charge in [0.25, 0.3) is 0 Å². The molecule has 1 aromatic rings. The molecule has 1 saturated heterocycles. The van der Waals surface area contributed by atoms with Gasteiger partial charge in [-0.25, -0.2) is 4.99 Å². The number of para-hydroxylation sites is 1. The van der Waals surface area contributed by atoms with E-state index in [1.807, 2.05) is 12.1 Å². The number of hydrogen-bond acceptors (Lipinski definition) is 2. The lowest BCUT2D eigenvalue weighted by molar-refractivity contribution is 0.241. The molecule has 0 radical (unpaired) electrons. The molecule has 0 bridgehead atoms. The fraction of sp³-hybridized carbons (Fsp3) is 0.562. The highest BCUT2D eigenvalue weighted by molar-refractivity contribution is 5.78. The van der Waals surface area contributed by atoms with Gasteiger partial charge >= 0.3 is 0 Å². The molecule has 2 aliphatic rings. The molecule has 0 spiro atoms. The number of hydrogen-bond donors (Lipinski definition) is 1. The van der Waals surface area contributed by atoms with Crippen LogP contribution in [0.15, 0.2) is 29.3 Å². The number of nitrogens with zero attached hydrogens (tertiary/aromatic N) is 2. The van der Waals surface area contributed by atoms with Crippen molar-refractivity contribution in [2.24, 2.45) is 10.7 Å². The SMILES string of the molecule is NC(=NCC1Cc2ccccc2O1)N1CCCCCC1. The van der Waals surface area contributed by atoms with Crippen molar-refractivity contribution in [2.75, 3.05) is 19.6 Å². The van der Waals surface area contributed by atoms with E-state index < -0.39 is 0 Å². The number of guanidine groups is 1. The standard InChI is InChI=1S/C16H23N3O/c17-16(19-9-5-1-2-6-10-19)18-12-14-11-13-7-3-4-8-15(13)20-14/h3-4,7-8,14H,1-2,5-6,9-12H2,(H2,17,18). The number of benzene rings is 1. The maximum Gasteiger partial charge on any atom is 0.191 e. The molecule has 1 fully saturated rings. The van der Waals surface area contributed by atoms with Crippen LogP contribution in [0.1, 0.15) is 31.2 Å². The van der Waals surface area contributed by atoms with E-state index in [4.69, 9.17) is 10.5 Å². The molecule has 1 aromatic carbocycles. The molecular formula is C16H23N3O. The van der Waals surface area contributed by atoms with Gasteiger partial charge in [0.2, 0.25) is 0 Å². The Balaban J connectivity index is 1.55. The summed E-state index contributed by atoms with van der Waals surface area (Å²) in [5.74, 6) is 1.69. The Morgan fingerprint density at radius 1 is 1.20 bits per heavy atom. The summed E-state index contributed by atoms with van der Waals surface area (Å²) in [5.41, 5.74) is 7.40. The van der Waals surface area contributed by atoms with Gasteiger partial charge < -0.3 is 15.4 Å². The van der Waals surface area contributed by atoms with Crippen molar-refractivity contribution in [2.45, 2.75) is 38.2 Å². The third-order valence-electron chi connectivity index (χ3n) is 4.10. The Hall–Kier alpha value is -1.71. The molecule has 2 heterocycles. The molecule has 4 nitrogen and oxygen atoms in total. The summed E-state index contributed by atoms with van der Waals surface area (Å²) in [6, 6.07) is 8.21. The molecule has 108 valence electrons. The predicted octanol–water partition coefficient (Wildman–Crippen LogP) is 2.18. The van der Waals surface area contributed by atoms with Gasteiger partial charge in [-0.2, -0.15) is 0 Å². The minimum atomic E-state index is 0.137.